The van der Waals surface area contributed by atoms with Crippen LogP contribution in [0.2, 0.25) is 0 Å². The minimum atomic E-state index is -0.0453. The van der Waals surface area contributed by atoms with Gasteiger partial charge in [0.05, 0.1) is 6.54 Å². The number of likely N-dealkylation sites (tertiary alicyclic amines) is 1. The number of hydrogen-bond acceptors (Lipinski definition) is 5. The highest BCUT2D eigenvalue weighted by Gasteiger charge is 2.30. The van der Waals surface area contributed by atoms with E-state index in [1.807, 2.05) is 44.1 Å². The van der Waals surface area contributed by atoms with Gasteiger partial charge in [0, 0.05) is 39.0 Å². The highest BCUT2D eigenvalue weighted by molar-refractivity contribution is 5.92. The maximum atomic E-state index is 12.5. The van der Waals surface area contributed by atoms with Crippen LogP contribution in [0.5, 0.6) is 5.75 Å². The summed E-state index contributed by atoms with van der Waals surface area (Å²) < 4.78 is 6.08. The van der Waals surface area contributed by atoms with E-state index < -0.39 is 0 Å². The van der Waals surface area contributed by atoms with Crippen LogP contribution in [-0.4, -0.2) is 59.3 Å². The van der Waals surface area contributed by atoms with Crippen LogP contribution in [0.1, 0.15) is 29.5 Å². The molecule has 3 rings (SSSR count). The van der Waals surface area contributed by atoms with E-state index in [2.05, 4.69) is 15.2 Å². The molecule has 0 aliphatic carbocycles. The van der Waals surface area contributed by atoms with Crippen LogP contribution in [-0.2, 0) is 6.42 Å². The highest BCUT2D eigenvalue weighted by Crippen LogP contribution is 2.27. The van der Waals surface area contributed by atoms with Gasteiger partial charge < -0.3 is 14.5 Å². The van der Waals surface area contributed by atoms with Crippen molar-refractivity contribution in [3.8, 4) is 5.75 Å². The van der Waals surface area contributed by atoms with E-state index in [4.69, 9.17) is 4.74 Å². The van der Waals surface area contributed by atoms with Crippen molar-refractivity contribution in [2.75, 3.05) is 32.1 Å². The zero-order chi connectivity index (χ0) is 17.1. The Morgan fingerprint density at radius 3 is 3.04 bits per heavy atom. The van der Waals surface area contributed by atoms with Crippen molar-refractivity contribution in [1.82, 2.24) is 20.1 Å². The third kappa shape index (κ3) is 3.34. The number of pyridine rings is 1. The molecule has 0 spiro atoms. The fourth-order valence-electron chi connectivity index (χ4n) is 2.81. The fourth-order valence-corrected chi connectivity index (χ4v) is 2.81. The Morgan fingerprint density at radius 1 is 1.50 bits per heavy atom. The molecule has 1 atom stereocenters. The molecule has 0 unspecified atom stereocenters. The van der Waals surface area contributed by atoms with Gasteiger partial charge in [-0.2, -0.15) is 5.10 Å². The quantitative estimate of drug-likeness (QED) is 0.904. The second-order valence-electron chi connectivity index (χ2n) is 6.13. The van der Waals surface area contributed by atoms with Gasteiger partial charge in [0.25, 0.3) is 5.91 Å². The number of ether oxygens (including phenoxy) is 1. The third-order valence-corrected chi connectivity index (χ3v) is 4.13. The molecule has 128 valence electrons. The molecule has 1 amide bonds. The minimum Gasteiger partial charge on any atom is -0.485 e. The predicted octanol–water partition coefficient (Wildman–Crippen LogP) is 1.73. The molecule has 24 heavy (non-hydrogen) atoms. The van der Waals surface area contributed by atoms with E-state index in [1.165, 1.54) is 0 Å². The Bertz CT molecular complexity index is 713. The molecule has 0 bridgehead atoms. The lowest BCUT2D eigenvalue weighted by Gasteiger charge is -2.20. The summed E-state index contributed by atoms with van der Waals surface area (Å²) >= 11 is 0. The Balaban J connectivity index is 1.64. The van der Waals surface area contributed by atoms with Crippen LogP contribution in [0.25, 0.3) is 0 Å². The fraction of sp³-hybridized carbons (Fsp3) is 0.471. The first-order chi connectivity index (χ1) is 11.6. The van der Waals surface area contributed by atoms with Crippen LogP contribution in [0.4, 0.5) is 5.82 Å². The molecule has 0 radical (unpaired) electrons. The standard InChI is InChI=1S/C17H23N5O2/c1-4-12-10-14(20-19-12)17(23)22-9-7-13(11-22)24-15-6-5-8-18-16(15)21(2)3/h5-6,8,10,13H,4,7,9,11H2,1-3H3,(H,19,20)/t13-/m1/s1. The first kappa shape index (κ1) is 16.3. The number of amides is 1. The van der Waals surface area contributed by atoms with Gasteiger partial charge in [-0.3, -0.25) is 9.89 Å². The van der Waals surface area contributed by atoms with Crippen LogP contribution in [0.15, 0.2) is 24.4 Å². The van der Waals surface area contributed by atoms with Crippen LogP contribution < -0.4 is 9.64 Å². The summed E-state index contributed by atoms with van der Waals surface area (Å²) in [6.45, 7) is 3.27. The molecular formula is C17H23N5O2. The SMILES string of the molecule is CCc1cc(C(=O)N2CC[C@@H](Oc3cccnc3N(C)C)C2)n[nH]1. The molecule has 1 saturated heterocycles. The van der Waals surface area contributed by atoms with Gasteiger partial charge in [-0.05, 0) is 24.6 Å². The molecule has 2 aromatic rings. The molecule has 0 aromatic carbocycles. The molecule has 1 N–H and O–H groups in total. The Hall–Kier alpha value is -2.57. The molecule has 2 aromatic heterocycles. The second-order valence-corrected chi connectivity index (χ2v) is 6.13. The zero-order valence-corrected chi connectivity index (χ0v) is 14.3. The largest absolute Gasteiger partial charge is 0.485 e. The van der Waals surface area contributed by atoms with Gasteiger partial charge in [0.15, 0.2) is 11.6 Å². The van der Waals surface area contributed by atoms with Crippen molar-refractivity contribution in [3.63, 3.8) is 0 Å². The molecule has 1 aliphatic rings. The lowest BCUT2D eigenvalue weighted by molar-refractivity contribution is 0.0766. The average molecular weight is 329 g/mol. The average Bonchev–Trinajstić information content (AvgIpc) is 3.23. The molecule has 1 aliphatic heterocycles. The summed E-state index contributed by atoms with van der Waals surface area (Å²) in [7, 11) is 3.87. The van der Waals surface area contributed by atoms with Crippen molar-refractivity contribution in [3.05, 3.63) is 35.8 Å². The number of anilines is 1. The van der Waals surface area contributed by atoms with E-state index in [0.29, 0.717) is 18.8 Å². The Morgan fingerprint density at radius 2 is 2.33 bits per heavy atom. The van der Waals surface area contributed by atoms with Crippen LogP contribution in [0.3, 0.4) is 0 Å². The summed E-state index contributed by atoms with van der Waals surface area (Å²) in [6.07, 6.45) is 3.36. The minimum absolute atomic E-state index is 0.0264. The summed E-state index contributed by atoms with van der Waals surface area (Å²) in [6, 6.07) is 5.59. The number of carbonyl (C=O) groups is 1. The predicted molar refractivity (Wildman–Crippen MR) is 91.5 cm³/mol. The van der Waals surface area contributed by atoms with Crippen molar-refractivity contribution in [1.29, 1.82) is 0 Å². The van der Waals surface area contributed by atoms with Gasteiger partial charge in [-0.15, -0.1) is 0 Å². The smallest absolute Gasteiger partial charge is 0.274 e. The highest BCUT2D eigenvalue weighted by atomic mass is 16.5. The number of aromatic amines is 1. The number of aromatic nitrogens is 3. The number of hydrogen-bond donors (Lipinski definition) is 1. The molecule has 7 nitrogen and oxygen atoms in total. The first-order valence-corrected chi connectivity index (χ1v) is 8.21. The van der Waals surface area contributed by atoms with Gasteiger partial charge in [0.2, 0.25) is 0 Å². The topological polar surface area (TPSA) is 74.4 Å². The van der Waals surface area contributed by atoms with Crippen molar-refractivity contribution in [2.24, 2.45) is 0 Å². The van der Waals surface area contributed by atoms with E-state index in [-0.39, 0.29) is 12.0 Å². The molecule has 0 saturated carbocycles. The first-order valence-electron chi connectivity index (χ1n) is 8.21. The number of carbonyl (C=O) groups excluding carboxylic acids is 1. The van der Waals surface area contributed by atoms with E-state index in [1.54, 1.807) is 11.1 Å². The van der Waals surface area contributed by atoms with E-state index >= 15 is 0 Å². The monoisotopic (exact) mass is 329 g/mol. The zero-order valence-electron chi connectivity index (χ0n) is 14.3. The van der Waals surface area contributed by atoms with Crippen molar-refractivity contribution < 1.29 is 9.53 Å². The maximum absolute atomic E-state index is 12.5. The number of rotatable bonds is 5. The Labute approximate surface area is 141 Å². The summed E-state index contributed by atoms with van der Waals surface area (Å²) in [4.78, 5) is 20.6. The second kappa shape index (κ2) is 6.90. The molecular weight excluding hydrogens is 306 g/mol. The molecule has 3 heterocycles. The molecule has 7 heteroatoms. The Kier molecular flexibility index (Phi) is 4.69. The normalized spacial score (nSPS) is 17.1. The number of nitrogens with zero attached hydrogens (tertiary/aromatic N) is 4. The van der Waals surface area contributed by atoms with Crippen molar-refractivity contribution >= 4 is 11.7 Å². The van der Waals surface area contributed by atoms with E-state index in [0.717, 1.165) is 30.1 Å². The van der Waals surface area contributed by atoms with Crippen molar-refractivity contribution in [2.45, 2.75) is 25.9 Å². The lowest BCUT2D eigenvalue weighted by atomic mass is 10.3. The van der Waals surface area contributed by atoms with Crippen LogP contribution >= 0.6 is 0 Å². The number of nitrogens with one attached hydrogen (secondary N) is 1. The van der Waals surface area contributed by atoms with Gasteiger partial charge >= 0.3 is 0 Å². The number of H-pyrrole nitrogens is 1. The lowest BCUT2D eigenvalue weighted by Crippen LogP contribution is -2.31. The van der Waals surface area contributed by atoms with Gasteiger partial charge in [-0.1, -0.05) is 6.92 Å². The summed E-state index contributed by atoms with van der Waals surface area (Å²) in [5.41, 5.74) is 1.44. The summed E-state index contributed by atoms with van der Waals surface area (Å²) in [5.74, 6) is 1.49. The van der Waals surface area contributed by atoms with Gasteiger partial charge in [0.1, 0.15) is 11.8 Å². The number of aryl methyl sites for hydroxylation is 1. The molecule has 1 fully saturated rings. The summed E-state index contributed by atoms with van der Waals surface area (Å²) in [5, 5.41) is 6.99. The van der Waals surface area contributed by atoms with Crippen LogP contribution in [0, 0.1) is 0 Å². The third-order valence-electron chi connectivity index (χ3n) is 4.13. The van der Waals surface area contributed by atoms with Gasteiger partial charge in [-0.25, -0.2) is 4.98 Å². The maximum Gasteiger partial charge on any atom is 0.274 e. The van der Waals surface area contributed by atoms with E-state index in [9.17, 15) is 4.79 Å².